The number of para-hydroxylation sites is 1. The number of rotatable bonds is 6. The van der Waals surface area contributed by atoms with Crippen molar-refractivity contribution in [3.05, 3.63) is 99.1 Å². The van der Waals surface area contributed by atoms with Crippen molar-refractivity contribution >= 4 is 34.8 Å². The number of nitrogens with zero attached hydrogens (tertiary/aromatic N) is 1. The van der Waals surface area contributed by atoms with Gasteiger partial charge in [0.1, 0.15) is 5.56 Å². The Kier molecular flexibility index (Phi) is 6.76. The van der Waals surface area contributed by atoms with Gasteiger partial charge >= 0.3 is 5.97 Å². The van der Waals surface area contributed by atoms with Crippen LogP contribution in [0.2, 0.25) is 0 Å². The van der Waals surface area contributed by atoms with Crippen molar-refractivity contribution in [3.8, 4) is 0 Å². The molecule has 0 aliphatic rings. The lowest BCUT2D eigenvalue weighted by molar-refractivity contribution is -0.385. The molecule has 0 aliphatic carbocycles. The maximum Gasteiger partial charge on any atom is 0.342 e. The van der Waals surface area contributed by atoms with Crippen LogP contribution in [-0.4, -0.2) is 27.8 Å². The molecule has 3 aromatic rings. The summed E-state index contributed by atoms with van der Waals surface area (Å²) in [5.41, 5.74) is 0.753. The van der Waals surface area contributed by atoms with Crippen molar-refractivity contribution in [1.82, 2.24) is 0 Å². The number of carboxylic acid groups (broad SMARTS) is 1. The Labute approximate surface area is 195 Å². The third kappa shape index (κ3) is 5.44. The van der Waals surface area contributed by atoms with Gasteiger partial charge in [-0.3, -0.25) is 19.7 Å². The highest BCUT2D eigenvalue weighted by atomic mass is 16.6. The van der Waals surface area contributed by atoms with E-state index in [1.165, 1.54) is 12.1 Å². The summed E-state index contributed by atoms with van der Waals surface area (Å²) in [5.74, 6) is -2.51. The zero-order chi connectivity index (χ0) is 25.0. The molecule has 0 radical (unpaired) electrons. The molecular formula is C25H23N3O6. The number of nitrogens with one attached hydrogen (secondary N) is 2. The molecule has 3 aromatic carbocycles. The van der Waals surface area contributed by atoms with Crippen LogP contribution in [0.25, 0.3) is 0 Å². The number of hydrogen-bond acceptors (Lipinski definition) is 5. The molecule has 0 aromatic heterocycles. The maximum absolute atomic E-state index is 12.9. The topological polar surface area (TPSA) is 139 Å². The van der Waals surface area contributed by atoms with Gasteiger partial charge in [-0.05, 0) is 47.4 Å². The minimum atomic E-state index is -1.49. The average molecular weight is 461 g/mol. The van der Waals surface area contributed by atoms with E-state index in [-0.39, 0.29) is 22.4 Å². The van der Waals surface area contributed by atoms with Crippen LogP contribution < -0.4 is 10.6 Å². The highest BCUT2D eigenvalue weighted by Gasteiger charge is 2.21. The third-order valence-electron chi connectivity index (χ3n) is 5.11. The number of carbonyl (C=O) groups is 3. The molecule has 0 aliphatic heterocycles. The van der Waals surface area contributed by atoms with E-state index in [1.54, 1.807) is 30.3 Å². The Bertz CT molecular complexity index is 1280. The number of aromatic carboxylic acids is 1. The van der Waals surface area contributed by atoms with Crippen molar-refractivity contribution in [2.45, 2.75) is 26.2 Å². The molecule has 3 N–H and O–H groups in total. The van der Waals surface area contributed by atoms with E-state index in [0.717, 1.165) is 17.7 Å². The minimum Gasteiger partial charge on any atom is -0.477 e. The molecule has 0 spiro atoms. The SMILES string of the molecule is CC(C)(C)c1ccc(C(=O)Nc2ccccc2C(=O)Nc2ccc([N+](=O)[O-])c(C(=O)O)c2)cc1. The maximum atomic E-state index is 12.9. The fourth-order valence-corrected chi connectivity index (χ4v) is 3.25. The van der Waals surface area contributed by atoms with Crippen LogP contribution in [0.15, 0.2) is 66.7 Å². The number of anilines is 2. The van der Waals surface area contributed by atoms with Crippen LogP contribution in [0.5, 0.6) is 0 Å². The molecule has 174 valence electrons. The largest absolute Gasteiger partial charge is 0.477 e. The van der Waals surface area contributed by atoms with E-state index in [4.69, 9.17) is 0 Å². The minimum absolute atomic E-state index is 0.0575. The van der Waals surface area contributed by atoms with Crippen molar-refractivity contribution < 1.29 is 24.4 Å². The van der Waals surface area contributed by atoms with Crippen LogP contribution in [0.1, 0.15) is 57.4 Å². The summed E-state index contributed by atoms with van der Waals surface area (Å²) in [6.45, 7) is 6.21. The summed E-state index contributed by atoms with van der Waals surface area (Å²) in [5, 5.41) is 25.5. The second-order valence-electron chi connectivity index (χ2n) is 8.58. The summed E-state index contributed by atoms with van der Waals surface area (Å²) in [6.07, 6.45) is 0. The molecule has 3 rings (SSSR count). The van der Waals surface area contributed by atoms with E-state index >= 15 is 0 Å². The fraction of sp³-hybridized carbons (Fsp3) is 0.160. The Hall–Kier alpha value is -4.53. The monoisotopic (exact) mass is 461 g/mol. The third-order valence-corrected chi connectivity index (χ3v) is 5.11. The number of carboxylic acids is 1. The van der Waals surface area contributed by atoms with E-state index in [2.05, 4.69) is 31.4 Å². The van der Waals surface area contributed by atoms with E-state index in [0.29, 0.717) is 5.56 Å². The predicted octanol–water partition coefficient (Wildman–Crippen LogP) is 5.10. The highest BCUT2D eigenvalue weighted by molar-refractivity contribution is 6.12. The second kappa shape index (κ2) is 9.53. The smallest absolute Gasteiger partial charge is 0.342 e. The Morgan fingerprint density at radius 2 is 1.50 bits per heavy atom. The van der Waals surface area contributed by atoms with Gasteiger partial charge in [0, 0.05) is 17.3 Å². The van der Waals surface area contributed by atoms with Crippen molar-refractivity contribution in [2.24, 2.45) is 0 Å². The molecule has 0 fully saturated rings. The van der Waals surface area contributed by atoms with Crippen LogP contribution in [0, 0.1) is 10.1 Å². The zero-order valence-electron chi connectivity index (χ0n) is 18.8. The lowest BCUT2D eigenvalue weighted by Gasteiger charge is -2.19. The molecule has 0 saturated heterocycles. The summed E-state index contributed by atoms with van der Waals surface area (Å²) in [6, 6.07) is 16.8. The van der Waals surface area contributed by atoms with Gasteiger partial charge in [-0.25, -0.2) is 4.79 Å². The highest BCUT2D eigenvalue weighted by Crippen LogP contribution is 2.25. The molecule has 0 bridgehead atoms. The van der Waals surface area contributed by atoms with Crippen molar-refractivity contribution in [2.75, 3.05) is 10.6 Å². The molecule has 0 saturated carbocycles. The molecule has 9 heteroatoms. The number of carbonyl (C=O) groups excluding carboxylic acids is 2. The number of amides is 2. The Morgan fingerprint density at radius 3 is 2.09 bits per heavy atom. The molecule has 0 unspecified atom stereocenters. The van der Waals surface area contributed by atoms with E-state index in [1.807, 2.05) is 12.1 Å². The van der Waals surface area contributed by atoms with Gasteiger partial charge in [0.05, 0.1) is 16.2 Å². The fourth-order valence-electron chi connectivity index (χ4n) is 3.25. The molecule has 0 heterocycles. The van der Waals surface area contributed by atoms with E-state index in [9.17, 15) is 29.6 Å². The predicted molar refractivity (Wildman–Crippen MR) is 128 cm³/mol. The van der Waals surface area contributed by atoms with Crippen LogP contribution in [-0.2, 0) is 5.41 Å². The summed E-state index contributed by atoms with van der Waals surface area (Å²) in [4.78, 5) is 47.2. The van der Waals surface area contributed by atoms with Gasteiger partial charge in [0.2, 0.25) is 0 Å². The average Bonchev–Trinajstić information content (AvgIpc) is 2.78. The van der Waals surface area contributed by atoms with Gasteiger partial charge in [0.15, 0.2) is 0 Å². The Balaban J connectivity index is 1.82. The lowest BCUT2D eigenvalue weighted by Crippen LogP contribution is -2.19. The molecule has 9 nitrogen and oxygen atoms in total. The summed E-state index contributed by atoms with van der Waals surface area (Å²) < 4.78 is 0. The second-order valence-corrected chi connectivity index (χ2v) is 8.58. The van der Waals surface area contributed by atoms with Crippen molar-refractivity contribution in [3.63, 3.8) is 0 Å². The standard InChI is InChI=1S/C25H23N3O6/c1-25(2,3)16-10-8-15(9-11-16)22(29)27-20-7-5-4-6-18(20)23(30)26-17-12-13-21(28(33)34)19(14-17)24(31)32/h4-14H,1-3H3,(H,26,30)(H,27,29)(H,31,32). The summed E-state index contributed by atoms with van der Waals surface area (Å²) in [7, 11) is 0. The number of hydrogen-bond donors (Lipinski definition) is 3. The quantitative estimate of drug-likeness (QED) is 0.345. The van der Waals surface area contributed by atoms with Crippen molar-refractivity contribution in [1.29, 1.82) is 0 Å². The van der Waals surface area contributed by atoms with Gasteiger partial charge in [-0.2, -0.15) is 0 Å². The molecule has 0 atom stereocenters. The van der Waals surface area contributed by atoms with Crippen LogP contribution in [0.3, 0.4) is 0 Å². The van der Waals surface area contributed by atoms with Crippen LogP contribution in [0.4, 0.5) is 17.1 Å². The van der Waals surface area contributed by atoms with Crippen LogP contribution >= 0.6 is 0 Å². The first kappa shape index (κ1) is 24.1. The zero-order valence-corrected chi connectivity index (χ0v) is 18.8. The van der Waals surface area contributed by atoms with E-state index < -0.39 is 34.0 Å². The molecule has 2 amide bonds. The normalized spacial score (nSPS) is 10.9. The number of nitro groups is 1. The molecule has 34 heavy (non-hydrogen) atoms. The number of nitro benzene ring substituents is 1. The lowest BCUT2D eigenvalue weighted by atomic mass is 9.86. The Morgan fingerprint density at radius 1 is 0.853 bits per heavy atom. The first-order chi connectivity index (χ1) is 16.0. The van der Waals surface area contributed by atoms with Gasteiger partial charge in [-0.15, -0.1) is 0 Å². The molecular weight excluding hydrogens is 438 g/mol. The first-order valence-electron chi connectivity index (χ1n) is 10.3. The first-order valence-corrected chi connectivity index (χ1v) is 10.3. The van der Waals surface area contributed by atoms with Gasteiger partial charge in [0.25, 0.3) is 17.5 Å². The number of benzene rings is 3. The summed E-state index contributed by atoms with van der Waals surface area (Å²) >= 11 is 0. The van der Waals surface area contributed by atoms with Gasteiger partial charge in [-0.1, -0.05) is 45.0 Å². The van der Waals surface area contributed by atoms with Gasteiger partial charge < -0.3 is 15.7 Å².